The largest absolute Gasteiger partial charge is 0.348 e. The van der Waals surface area contributed by atoms with E-state index in [-0.39, 0.29) is 10.7 Å². The Morgan fingerprint density at radius 2 is 1.85 bits per heavy atom. The maximum atomic E-state index is 13.4. The number of Topliss-reactive ketones (excluding diaryl/α,β-unsaturated/α-hetero) is 1. The number of pyridine rings is 1. The van der Waals surface area contributed by atoms with Crippen molar-refractivity contribution in [3.63, 3.8) is 0 Å². The molecule has 3 aromatic rings. The molecule has 1 atom stereocenters. The average Bonchev–Trinajstić information content (AvgIpc) is 3.16. The van der Waals surface area contributed by atoms with Crippen molar-refractivity contribution >= 4 is 15.8 Å². The van der Waals surface area contributed by atoms with Crippen molar-refractivity contribution in [2.24, 2.45) is 0 Å². The third kappa shape index (κ3) is 3.09. The highest BCUT2D eigenvalue weighted by molar-refractivity contribution is 7.89. The summed E-state index contributed by atoms with van der Waals surface area (Å²) in [6, 6.07) is 13.2. The molecule has 1 aromatic carbocycles. The number of carbonyl (C=O) groups excluding carboxylic acids is 1. The molecule has 6 nitrogen and oxygen atoms in total. The molecule has 0 bridgehead atoms. The lowest BCUT2D eigenvalue weighted by Gasteiger charge is -2.36. The van der Waals surface area contributed by atoms with Crippen molar-refractivity contribution in [1.82, 2.24) is 13.9 Å². The van der Waals surface area contributed by atoms with Crippen LogP contribution in [0.25, 0.3) is 0 Å². The van der Waals surface area contributed by atoms with Gasteiger partial charge in [-0.15, -0.1) is 0 Å². The lowest BCUT2D eigenvalue weighted by molar-refractivity contribution is 0.101. The Hall–Kier alpha value is -2.77. The zero-order valence-corrected chi connectivity index (χ0v) is 15.6. The van der Waals surface area contributed by atoms with Crippen LogP contribution in [0.4, 0.5) is 0 Å². The van der Waals surface area contributed by atoms with Crippen molar-refractivity contribution in [1.29, 1.82) is 0 Å². The van der Waals surface area contributed by atoms with Crippen LogP contribution >= 0.6 is 0 Å². The molecule has 0 saturated carbocycles. The lowest BCUT2D eigenvalue weighted by atomic mass is 10.0. The third-order valence-electron chi connectivity index (χ3n) is 4.86. The predicted molar refractivity (Wildman–Crippen MR) is 101 cm³/mol. The normalized spacial score (nSPS) is 17.4. The molecule has 0 N–H and O–H groups in total. The molecule has 1 aliphatic heterocycles. The van der Waals surface area contributed by atoms with Crippen molar-refractivity contribution in [3.05, 3.63) is 83.9 Å². The summed E-state index contributed by atoms with van der Waals surface area (Å²) in [7, 11) is -3.74. The standard InChI is InChI=1S/C20H19N3O3S/c1-15(24)16-6-8-18(9-7-16)27(25,26)23-13-12-22-11-3-5-19(22)20(23)17-4-2-10-21-14-17/h2-11,14,20H,12-13H2,1H3. The molecule has 27 heavy (non-hydrogen) atoms. The Kier molecular flexibility index (Phi) is 4.41. The second-order valence-electron chi connectivity index (χ2n) is 6.51. The molecular formula is C20H19N3O3S. The van der Waals surface area contributed by atoms with Crippen molar-refractivity contribution in [3.8, 4) is 0 Å². The summed E-state index contributed by atoms with van der Waals surface area (Å²) in [5, 5.41) is 0. The molecule has 0 aliphatic carbocycles. The van der Waals surface area contributed by atoms with Gasteiger partial charge in [0, 0.05) is 42.9 Å². The van der Waals surface area contributed by atoms with Gasteiger partial charge >= 0.3 is 0 Å². The molecule has 0 fully saturated rings. The monoisotopic (exact) mass is 381 g/mol. The maximum Gasteiger partial charge on any atom is 0.244 e. The van der Waals surface area contributed by atoms with Gasteiger partial charge in [0.2, 0.25) is 10.0 Å². The number of carbonyl (C=O) groups is 1. The second kappa shape index (κ2) is 6.75. The fourth-order valence-electron chi connectivity index (χ4n) is 3.49. The fraction of sp³-hybridized carbons (Fsp3) is 0.200. The van der Waals surface area contributed by atoms with Gasteiger partial charge < -0.3 is 4.57 Å². The Labute approximate surface area is 158 Å². The third-order valence-corrected chi connectivity index (χ3v) is 6.74. The first-order chi connectivity index (χ1) is 13.0. The highest BCUT2D eigenvalue weighted by Crippen LogP contribution is 2.36. The Balaban J connectivity index is 1.80. The molecule has 0 saturated heterocycles. The fourth-order valence-corrected chi connectivity index (χ4v) is 5.07. The van der Waals surface area contributed by atoms with E-state index >= 15 is 0 Å². The van der Waals surface area contributed by atoms with Gasteiger partial charge in [0.15, 0.2) is 5.78 Å². The maximum absolute atomic E-state index is 13.4. The van der Waals surface area contributed by atoms with E-state index in [1.165, 1.54) is 23.4 Å². The topological polar surface area (TPSA) is 72.3 Å². The Bertz CT molecular complexity index is 1070. The average molecular weight is 381 g/mol. The molecule has 138 valence electrons. The molecule has 1 aliphatic rings. The van der Waals surface area contributed by atoms with Crippen LogP contribution in [0.1, 0.15) is 34.6 Å². The number of nitrogens with zero attached hydrogens (tertiary/aromatic N) is 3. The highest BCUT2D eigenvalue weighted by Gasteiger charge is 2.37. The Morgan fingerprint density at radius 1 is 1.07 bits per heavy atom. The van der Waals surface area contributed by atoms with E-state index in [0.717, 1.165) is 11.3 Å². The molecular weight excluding hydrogens is 362 g/mol. The van der Waals surface area contributed by atoms with E-state index in [1.54, 1.807) is 24.5 Å². The van der Waals surface area contributed by atoms with E-state index < -0.39 is 16.1 Å². The summed E-state index contributed by atoms with van der Waals surface area (Å²) in [4.78, 5) is 15.8. The molecule has 3 heterocycles. The van der Waals surface area contributed by atoms with Crippen LogP contribution in [0.2, 0.25) is 0 Å². The van der Waals surface area contributed by atoms with Crippen LogP contribution < -0.4 is 0 Å². The molecule has 2 aromatic heterocycles. The van der Waals surface area contributed by atoms with Gasteiger partial charge in [-0.25, -0.2) is 8.42 Å². The van der Waals surface area contributed by atoms with Crippen LogP contribution in [0, 0.1) is 0 Å². The van der Waals surface area contributed by atoms with Gasteiger partial charge in [-0.05, 0) is 42.8 Å². The number of aromatic nitrogens is 2. The molecule has 0 radical (unpaired) electrons. The predicted octanol–water partition coefficient (Wildman–Crippen LogP) is 2.88. The summed E-state index contributed by atoms with van der Waals surface area (Å²) in [6.07, 6.45) is 5.34. The lowest BCUT2D eigenvalue weighted by Crippen LogP contribution is -2.42. The van der Waals surface area contributed by atoms with E-state index in [2.05, 4.69) is 9.55 Å². The first-order valence-corrected chi connectivity index (χ1v) is 10.1. The smallest absolute Gasteiger partial charge is 0.244 e. The highest BCUT2D eigenvalue weighted by atomic mass is 32.2. The first kappa shape index (κ1) is 17.6. The Morgan fingerprint density at radius 3 is 2.52 bits per heavy atom. The zero-order chi connectivity index (χ0) is 19.0. The summed E-state index contributed by atoms with van der Waals surface area (Å²) >= 11 is 0. The van der Waals surface area contributed by atoms with Crippen LogP contribution in [0.15, 0.2) is 72.0 Å². The number of benzene rings is 1. The van der Waals surface area contributed by atoms with Crippen molar-refractivity contribution < 1.29 is 13.2 Å². The summed E-state index contributed by atoms with van der Waals surface area (Å²) in [6.45, 7) is 2.41. The minimum absolute atomic E-state index is 0.0945. The minimum Gasteiger partial charge on any atom is -0.348 e. The van der Waals surface area contributed by atoms with Crippen LogP contribution in [0.5, 0.6) is 0 Å². The first-order valence-electron chi connectivity index (χ1n) is 8.66. The molecule has 7 heteroatoms. The van der Waals surface area contributed by atoms with Gasteiger partial charge in [-0.1, -0.05) is 18.2 Å². The number of rotatable bonds is 4. The van der Waals surface area contributed by atoms with Crippen LogP contribution in [-0.2, 0) is 16.6 Å². The van der Waals surface area contributed by atoms with Gasteiger partial charge in [-0.2, -0.15) is 4.31 Å². The summed E-state index contributed by atoms with van der Waals surface area (Å²) in [5.74, 6) is -0.0945. The number of hydrogen-bond donors (Lipinski definition) is 0. The second-order valence-corrected chi connectivity index (χ2v) is 8.40. The zero-order valence-electron chi connectivity index (χ0n) is 14.8. The van der Waals surface area contributed by atoms with Crippen LogP contribution in [-0.4, -0.2) is 34.6 Å². The van der Waals surface area contributed by atoms with E-state index in [0.29, 0.717) is 18.7 Å². The molecule has 0 spiro atoms. The summed E-state index contributed by atoms with van der Waals surface area (Å²) in [5.41, 5.74) is 2.23. The van der Waals surface area contributed by atoms with Gasteiger partial charge in [-0.3, -0.25) is 9.78 Å². The van der Waals surface area contributed by atoms with E-state index in [4.69, 9.17) is 0 Å². The molecule has 0 amide bonds. The summed E-state index contributed by atoms with van der Waals surface area (Å²) < 4.78 is 30.4. The molecule has 1 unspecified atom stereocenters. The van der Waals surface area contributed by atoms with Crippen LogP contribution in [0.3, 0.4) is 0 Å². The number of fused-ring (bicyclic) bond motifs is 1. The molecule has 4 rings (SSSR count). The number of ketones is 1. The van der Waals surface area contributed by atoms with Crippen molar-refractivity contribution in [2.75, 3.05) is 6.54 Å². The van der Waals surface area contributed by atoms with Gasteiger partial charge in [0.25, 0.3) is 0 Å². The SMILES string of the molecule is CC(=O)c1ccc(S(=O)(=O)N2CCn3cccc3C2c2cccnc2)cc1. The minimum atomic E-state index is -3.74. The van der Waals surface area contributed by atoms with Gasteiger partial charge in [0.1, 0.15) is 0 Å². The van der Waals surface area contributed by atoms with Gasteiger partial charge in [0.05, 0.1) is 10.9 Å². The van der Waals surface area contributed by atoms with E-state index in [9.17, 15) is 13.2 Å². The number of sulfonamides is 1. The quantitative estimate of drug-likeness (QED) is 0.652. The number of hydrogen-bond acceptors (Lipinski definition) is 4. The van der Waals surface area contributed by atoms with E-state index in [1.807, 2.05) is 30.5 Å². The van der Waals surface area contributed by atoms with Crippen molar-refractivity contribution in [2.45, 2.75) is 24.4 Å².